The Morgan fingerprint density at radius 2 is 2.14 bits per heavy atom. The molecule has 2 nitrogen and oxygen atoms in total. The van der Waals surface area contributed by atoms with E-state index in [4.69, 9.17) is 4.84 Å². The molecule has 0 N–H and O–H groups in total. The average molecular weight is 195 g/mol. The van der Waals surface area contributed by atoms with E-state index in [0.717, 1.165) is 18.6 Å². The van der Waals surface area contributed by atoms with E-state index < -0.39 is 0 Å². The molecule has 0 radical (unpaired) electrons. The minimum absolute atomic E-state index is 0.633. The number of nitrogens with zero attached hydrogens (tertiary/aromatic N) is 1. The fourth-order valence-electron chi connectivity index (χ4n) is 1.10. The Kier molecular flexibility index (Phi) is 7.90. The third-order valence-corrected chi connectivity index (χ3v) is 1.74. The maximum atomic E-state index is 4.96. The molecule has 0 saturated heterocycles. The van der Waals surface area contributed by atoms with Gasteiger partial charge in [-0.2, -0.15) is 0 Å². The predicted octanol–water partition coefficient (Wildman–Crippen LogP) is 3.70. The van der Waals surface area contributed by atoms with E-state index in [-0.39, 0.29) is 0 Å². The van der Waals surface area contributed by atoms with Crippen LogP contribution in [0.3, 0.4) is 0 Å². The fourth-order valence-corrected chi connectivity index (χ4v) is 1.10. The van der Waals surface area contributed by atoms with Gasteiger partial charge in [-0.25, -0.2) is 0 Å². The quantitative estimate of drug-likeness (QED) is 0.497. The van der Waals surface area contributed by atoms with E-state index in [1.165, 1.54) is 5.57 Å². The summed E-state index contributed by atoms with van der Waals surface area (Å²) in [7, 11) is 0. The number of rotatable bonds is 3. The Labute approximate surface area is 87.3 Å². The molecule has 0 unspecified atom stereocenters. The first-order valence-corrected chi connectivity index (χ1v) is 5.38. The maximum Gasteiger partial charge on any atom is 0.114 e. The van der Waals surface area contributed by atoms with Gasteiger partial charge in [0.05, 0.1) is 5.71 Å². The lowest BCUT2D eigenvalue weighted by molar-refractivity contribution is 0.159. The topological polar surface area (TPSA) is 21.6 Å². The van der Waals surface area contributed by atoms with Crippen molar-refractivity contribution in [3.8, 4) is 0 Å². The first kappa shape index (κ1) is 12.9. The second-order valence-electron chi connectivity index (χ2n) is 2.73. The summed E-state index contributed by atoms with van der Waals surface area (Å²) in [5.41, 5.74) is 2.16. The summed E-state index contributed by atoms with van der Waals surface area (Å²) in [6.45, 7) is 8.54. The molecule has 14 heavy (non-hydrogen) atoms. The molecular formula is C12H21NO. The molecule has 0 aliphatic heterocycles. The van der Waals surface area contributed by atoms with Crippen molar-refractivity contribution >= 4 is 5.71 Å². The summed E-state index contributed by atoms with van der Waals surface area (Å²) in [5, 5.41) is 3.96. The summed E-state index contributed by atoms with van der Waals surface area (Å²) in [6.07, 6.45) is 8.72. The van der Waals surface area contributed by atoms with Crippen molar-refractivity contribution in [1.29, 1.82) is 0 Å². The standard InChI is InChI=1S/C10H15NO.C2H6/c1-3-12-11-9(2)10-7-5-4-6-8-10;1-2/h5,7-8H,3-4,6H2,1-2H3;1-2H3/b11-9+;. The highest BCUT2D eigenvalue weighted by Gasteiger charge is 2.00. The normalized spacial score (nSPS) is 15.4. The van der Waals surface area contributed by atoms with Crippen LogP contribution in [-0.2, 0) is 4.84 Å². The van der Waals surface area contributed by atoms with Gasteiger partial charge in [-0.15, -0.1) is 0 Å². The van der Waals surface area contributed by atoms with Gasteiger partial charge in [-0.1, -0.05) is 37.2 Å². The molecule has 0 amide bonds. The molecule has 80 valence electrons. The van der Waals surface area contributed by atoms with Gasteiger partial charge in [-0.3, -0.25) is 0 Å². The second kappa shape index (κ2) is 8.54. The Balaban J connectivity index is 0.000000791. The minimum Gasteiger partial charge on any atom is -0.396 e. The molecule has 1 aliphatic rings. The van der Waals surface area contributed by atoms with Crippen LogP contribution in [0, 0.1) is 0 Å². The van der Waals surface area contributed by atoms with Crippen LogP contribution >= 0.6 is 0 Å². The fraction of sp³-hybridized carbons (Fsp3) is 0.583. The first-order valence-electron chi connectivity index (χ1n) is 5.38. The summed E-state index contributed by atoms with van der Waals surface area (Å²) >= 11 is 0. The summed E-state index contributed by atoms with van der Waals surface area (Å²) < 4.78 is 0. The third kappa shape index (κ3) is 4.85. The number of hydrogen-bond donors (Lipinski definition) is 0. The van der Waals surface area contributed by atoms with Crippen molar-refractivity contribution in [3.05, 3.63) is 23.8 Å². The second-order valence-corrected chi connectivity index (χ2v) is 2.73. The van der Waals surface area contributed by atoms with Crippen LogP contribution < -0.4 is 0 Å². The van der Waals surface area contributed by atoms with E-state index in [1.54, 1.807) is 0 Å². The average Bonchev–Trinajstić information content (AvgIpc) is 2.30. The molecule has 0 saturated carbocycles. The van der Waals surface area contributed by atoms with Gasteiger partial charge in [0.2, 0.25) is 0 Å². The molecule has 0 spiro atoms. The highest BCUT2D eigenvalue weighted by atomic mass is 16.6. The number of hydrogen-bond acceptors (Lipinski definition) is 2. The SMILES string of the molecule is CC.CCO/N=C(\C)C1=CCCC=C1. The molecule has 0 aromatic rings. The minimum atomic E-state index is 0.633. The van der Waals surface area contributed by atoms with E-state index in [9.17, 15) is 0 Å². The number of allylic oxidation sites excluding steroid dienone is 4. The van der Waals surface area contributed by atoms with Crippen molar-refractivity contribution in [2.24, 2.45) is 5.16 Å². The lowest BCUT2D eigenvalue weighted by atomic mass is 10.0. The molecular weight excluding hydrogens is 174 g/mol. The van der Waals surface area contributed by atoms with E-state index in [2.05, 4.69) is 23.4 Å². The lowest BCUT2D eigenvalue weighted by Crippen LogP contribution is -1.98. The zero-order valence-corrected chi connectivity index (χ0v) is 9.71. The monoisotopic (exact) mass is 195 g/mol. The smallest absolute Gasteiger partial charge is 0.114 e. The van der Waals surface area contributed by atoms with Crippen molar-refractivity contribution in [1.82, 2.24) is 0 Å². The van der Waals surface area contributed by atoms with Crippen molar-refractivity contribution in [2.75, 3.05) is 6.61 Å². The van der Waals surface area contributed by atoms with Crippen LogP contribution in [-0.4, -0.2) is 12.3 Å². The van der Waals surface area contributed by atoms with E-state index in [1.807, 2.05) is 27.7 Å². The Bertz CT molecular complexity index is 226. The van der Waals surface area contributed by atoms with E-state index >= 15 is 0 Å². The molecule has 0 heterocycles. The summed E-state index contributed by atoms with van der Waals surface area (Å²) in [4.78, 5) is 4.96. The molecule has 0 aromatic heterocycles. The van der Waals surface area contributed by atoms with Crippen LogP contribution in [0.4, 0.5) is 0 Å². The van der Waals surface area contributed by atoms with Crippen LogP contribution in [0.25, 0.3) is 0 Å². The number of oxime groups is 1. The maximum absolute atomic E-state index is 4.96. The zero-order chi connectivity index (χ0) is 10.8. The molecule has 0 atom stereocenters. The lowest BCUT2D eigenvalue weighted by Gasteiger charge is -2.05. The summed E-state index contributed by atoms with van der Waals surface area (Å²) in [5.74, 6) is 0. The predicted molar refractivity (Wildman–Crippen MR) is 62.5 cm³/mol. The van der Waals surface area contributed by atoms with Crippen LogP contribution in [0.5, 0.6) is 0 Å². The zero-order valence-electron chi connectivity index (χ0n) is 9.71. The highest BCUT2D eigenvalue weighted by Crippen LogP contribution is 2.11. The van der Waals surface area contributed by atoms with Gasteiger partial charge in [-0.05, 0) is 32.3 Å². The third-order valence-electron chi connectivity index (χ3n) is 1.74. The Morgan fingerprint density at radius 3 is 2.64 bits per heavy atom. The van der Waals surface area contributed by atoms with Crippen LogP contribution in [0.1, 0.15) is 40.5 Å². The molecule has 0 bridgehead atoms. The van der Waals surface area contributed by atoms with Gasteiger partial charge in [0, 0.05) is 0 Å². The largest absolute Gasteiger partial charge is 0.396 e. The van der Waals surface area contributed by atoms with Crippen molar-refractivity contribution in [2.45, 2.75) is 40.5 Å². The summed E-state index contributed by atoms with van der Waals surface area (Å²) in [6, 6.07) is 0. The van der Waals surface area contributed by atoms with Crippen molar-refractivity contribution < 1.29 is 4.84 Å². The molecule has 1 rings (SSSR count). The van der Waals surface area contributed by atoms with E-state index in [0.29, 0.717) is 6.61 Å². The molecule has 2 heteroatoms. The van der Waals surface area contributed by atoms with Crippen LogP contribution in [0.2, 0.25) is 0 Å². The van der Waals surface area contributed by atoms with Gasteiger partial charge in [0.1, 0.15) is 6.61 Å². The van der Waals surface area contributed by atoms with Gasteiger partial charge in [0.15, 0.2) is 0 Å². The van der Waals surface area contributed by atoms with Crippen LogP contribution in [0.15, 0.2) is 29.0 Å². The molecule has 1 aliphatic carbocycles. The Hall–Kier alpha value is -1.05. The first-order chi connectivity index (χ1) is 6.84. The molecule has 0 aromatic carbocycles. The molecule has 0 fully saturated rings. The van der Waals surface area contributed by atoms with Gasteiger partial charge >= 0.3 is 0 Å². The highest BCUT2D eigenvalue weighted by molar-refractivity contribution is 6.00. The Morgan fingerprint density at radius 1 is 1.43 bits per heavy atom. The van der Waals surface area contributed by atoms with Gasteiger partial charge in [0.25, 0.3) is 0 Å². The van der Waals surface area contributed by atoms with Crippen molar-refractivity contribution in [3.63, 3.8) is 0 Å². The van der Waals surface area contributed by atoms with Gasteiger partial charge < -0.3 is 4.84 Å².